The molecular formula is C16H13BrF2O4. The predicted octanol–water partition coefficient (Wildman–Crippen LogP) is 4.10. The van der Waals surface area contributed by atoms with E-state index in [0.717, 1.165) is 12.1 Å². The maximum Gasteiger partial charge on any atom is 0.344 e. The number of methoxy groups -OCH3 is 2. The number of carbonyl (C=O) groups excluding carboxylic acids is 1. The molecule has 2 aromatic rings. The highest BCUT2D eigenvalue weighted by Crippen LogP contribution is 2.33. The third-order valence-corrected chi connectivity index (χ3v) is 3.82. The number of hydrogen-bond acceptors (Lipinski definition) is 4. The normalized spacial score (nSPS) is 10.3. The molecular weight excluding hydrogens is 374 g/mol. The van der Waals surface area contributed by atoms with Crippen molar-refractivity contribution in [2.24, 2.45) is 0 Å². The van der Waals surface area contributed by atoms with Gasteiger partial charge in [0.05, 0.1) is 14.2 Å². The van der Waals surface area contributed by atoms with Crippen LogP contribution in [0, 0.1) is 11.6 Å². The molecule has 2 rings (SSSR count). The molecule has 0 saturated heterocycles. The number of rotatable bonds is 5. The molecule has 0 spiro atoms. The molecule has 0 aliphatic rings. The fourth-order valence-electron chi connectivity index (χ4n) is 1.92. The highest BCUT2D eigenvalue weighted by atomic mass is 79.9. The summed E-state index contributed by atoms with van der Waals surface area (Å²) in [5.41, 5.74) is -0.156. The molecule has 0 aliphatic heterocycles. The van der Waals surface area contributed by atoms with E-state index in [4.69, 9.17) is 14.2 Å². The Kier molecular flexibility index (Phi) is 5.54. The van der Waals surface area contributed by atoms with Crippen LogP contribution in [0.2, 0.25) is 0 Å². The van der Waals surface area contributed by atoms with Crippen molar-refractivity contribution in [1.29, 1.82) is 0 Å². The maximum atomic E-state index is 13.5. The number of esters is 1. The summed E-state index contributed by atoms with van der Waals surface area (Å²) in [5.74, 6) is -2.08. The summed E-state index contributed by atoms with van der Waals surface area (Å²) in [6.07, 6.45) is 0. The van der Waals surface area contributed by atoms with E-state index in [0.29, 0.717) is 21.5 Å². The lowest BCUT2D eigenvalue weighted by atomic mass is 10.2. The van der Waals surface area contributed by atoms with E-state index in [1.54, 1.807) is 12.1 Å². The van der Waals surface area contributed by atoms with Crippen LogP contribution in [-0.2, 0) is 11.3 Å². The van der Waals surface area contributed by atoms with Crippen LogP contribution in [0.3, 0.4) is 0 Å². The molecule has 122 valence electrons. The van der Waals surface area contributed by atoms with Crippen LogP contribution in [0.5, 0.6) is 11.5 Å². The van der Waals surface area contributed by atoms with Crippen molar-refractivity contribution < 1.29 is 27.8 Å². The molecule has 0 unspecified atom stereocenters. The van der Waals surface area contributed by atoms with E-state index in [-0.39, 0.29) is 6.61 Å². The van der Waals surface area contributed by atoms with Crippen LogP contribution in [-0.4, -0.2) is 20.2 Å². The minimum Gasteiger partial charge on any atom is -0.493 e. The molecule has 2 aromatic carbocycles. The summed E-state index contributed by atoms with van der Waals surface area (Å²) in [5, 5.41) is 0. The van der Waals surface area contributed by atoms with E-state index < -0.39 is 23.2 Å². The van der Waals surface area contributed by atoms with Gasteiger partial charge in [-0.25, -0.2) is 13.6 Å². The van der Waals surface area contributed by atoms with Crippen LogP contribution in [0.25, 0.3) is 0 Å². The van der Waals surface area contributed by atoms with E-state index >= 15 is 0 Å². The summed E-state index contributed by atoms with van der Waals surface area (Å²) in [6, 6.07) is 6.41. The van der Waals surface area contributed by atoms with Crippen molar-refractivity contribution in [1.82, 2.24) is 0 Å². The maximum absolute atomic E-state index is 13.5. The molecule has 0 fully saturated rings. The van der Waals surface area contributed by atoms with Crippen LogP contribution < -0.4 is 9.47 Å². The van der Waals surface area contributed by atoms with Gasteiger partial charge in [-0.15, -0.1) is 0 Å². The Morgan fingerprint density at radius 3 is 2.22 bits per heavy atom. The van der Waals surface area contributed by atoms with Crippen molar-refractivity contribution in [3.05, 3.63) is 57.6 Å². The minimum atomic E-state index is -1.08. The lowest BCUT2D eigenvalue weighted by molar-refractivity contribution is 0.0460. The van der Waals surface area contributed by atoms with Crippen molar-refractivity contribution >= 4 is 21.9 Å². The van der Waals surface area contributed by atoms with Gasteiger partial charge in [-0.2, -0.15) is 0 Å². The van der Waals surface area contributed by atoms with Crippen molar-refractivity contribution in [3.8, 4) is 11.5 Å². The Bertz CT molecular complexity index is 714. The molecule has 0 radical (unpaired) electrons. The molecule has 0 bridgehead atoms. The third-order valence-electron chi connectivity index (χ3n) is 3.08. The average molecular weight is 387 g/mol. The molecule has 0 atom stereocenters. The summed E-state index contributed by atoms with van der Waals surface area (Å²) >= 11 is 3.31. The minimum absolute atomic E-state index is 0.187. The Morgan fingerprint density at radius 1 is 1.09 bits per heavy atom. The predicted molar refractivity (Wildman–Crippen MR) is 82.7 cm³/mol. The first-order chi connectivity index (χ1) is 11.0. The fraction of sp³-hybridized carbons (Fsp3) is 0.188. The Balaban J connectivity index is 2.19. The quantitative estimate of drug-likeness (QED) is 0.725. The van der Waals surface area contributed by atoms with Crippen LogP contribution in [0.1, 0.15) is 15.9 Å². The van der Waals surface area contributed by atoms with Crippen molar-refractivity contribution in [3.63, 3.8) is 0 Å². The molecule has 7 heteroatoms. The molecule has 0 N–H and O–H groups in total. The Morgan fingerprint density at radius 2 is 1.65 bits per heavy atom. The Labute approximate surface area is 140 Å². The molecule has 0 heterocycles. The van der Waals surface area contributed by atoms with Gasteiger partial charge in [0, 0.05) is 10.0 Å². The second-order valence-electron chi connectivity index (χ2n) is 4.47. The first-order valence-electron chi connectivity index (χ1n) is 6.49. The first-order valence-corrected chi connectivity index (χ1v) is 7.28. The topological polar surface area (TPSA) is 44.8 Å². The average Bonchev–Trinajstić information content (AvgIpc) is 2.53. The van der Waals surface area contributed by atoms with E-state index in [9.17, 15) is 13.6 Å². The SMILES string of the molecule is COc1cc(Br)c(COC(=O)c2c(F)cccc2F)cc1OC. The zero-order chi connectivity index (χ0) is 17.0. The van der Waals surface area contributed by atoms with Gasteiger partial charge in [0.15, 0.2) is 11.5 Å². The zero-order valence-electron chi connectivity index (χ0n) is 12.4. The van der Waals surface area contributed by atoms with Gasteiger partial charge in [-0.05, 0) is 24.3 Å². The van der Waals surface area contributed by atoms with Crippen molar-refractivity contribution in [2.75, 3.05) is 14.2 Å². The van der Waals surface area contributed by atoms with Crippen LogP contribution in [0.4, 0.5) is 8.78 Å². The van der Waals surface area contributed by atoms with Gasteiger partial charge in [-0.1, -0.05) is 22.0 Å². The number of hydrogen-bond donors (Lipinski definition) is 0. The Hall–Kier alpha value is -2.15. The molecule has 23 heavy (non-hydrogen) atoms. The molecule has 0 amide bonds. The lowest BCUT2D eigenvalue weighted by Gasteiger charge is -2.12. The second-order valence-corrected chi connectivity index (χ2v) is 5.33. The zero-order valence-corrected chi connectivity index (χ0v) is 13.9. The van der Waals surface area contributed by atoms with Crippen LogP contribution in [0.15, 0.2) is 34.8 Å². The van der Waals surface area contributed by atoms with Crippen molar-refractivity contribution in [2.45, 2.75) is 6.61 Å². The monoisotopic (exact) mass is 386 g/mol. The largest absolute Gasteiger partial charge is 0.493 e. The van der Waals surface area contributed by atoms with E-state index in [1.807, 2.05) is 0 Å². The number of halogens is 3. The van der Waals surface area contributed by atoms with Gasteiger partial charge >= 0.3 is 5.97 Å². The van der Waals surface area contributed by atoms with Gasteiger partial charge < -0.3 is 14.2 Å². The molecule has 4 nitrogen and oxygen atoms in total. The van der Waals surface area contributed by atoms with Gasteiger partial charge in [-0.3, -0.25) is 0 Å². The highest BCUT2D eigenvalue weighted by molar-refractivity contribution is 9.10. The second kappa shape index (κ2) is 7.41. The van der Waals surface area contributed by atoms with E-state index in [1.165, 1.54) is 20.3 Å². The van der Waals surface area contributed by atoms with Crippen LogP contribution >= 0.6 is 15.9 Å². The molecule has 0 saturated carbocycles. The lowest BCUT2D eigenvalue weighted by Crippen LogP contribution is -2.10. The first kappa shape index (κ1) is 17.2. The smallest absolute Gasteiger partial charge is 0.344 e. The number of ether oxygens (including phenoxy) is 3. The molecule has 0 aromatic heterocycles. The number of carbonyl (C=O) groups is 1. The summed E-state index contributed by atoms with van der Waals surface area (Å²) in [6.45, 7) is -0.187. The summed E-state index contributed by atoms with van der Waals surface area (Å²) in [4.78, 5) is 11.9. The number of benzene rings is 2. The fourth-order valence-corrected chi connectivity index (χ4v) is 2.35. The summed E-state index contributed by atoms with van der Waals surface area (Å²) in [7, 11) is 2.96. The standard InChI is InChI=1S/C16H13BrF2O4/c1-21-13-6-9(10(17)7-14(13)22-2)8-23-16(20)15-11(18)4-3-5-12(15)19/h3-7H,8H2,1-2H3. The third kappa shape index (κ3) is 3.79. The highest BCUT2D eigenvalue weighted by Gasteiger charge is 2.19. The summed E-state index contributed by atoms with van der Waals surface area (Å²) < 4.78 is 43.0. The van der Waals surface area contributed by atoms with E-state index in [2.05, 4.69) is 15.9 Å². The van der Waals surface area contributed by atoms with Gasteiger partial charge in [0.25, 0.3) is 0 Å². The van der Waals surface area contributed by atoms with Gasteiger partial charge in [0.2, 0.25) is 0 Å². The van der Waals surface area contributed by atoms with Gasteiger partial charge in [0.1, 0.15) is 23.8 Å². The molecule has 0 aliphatic carbocycles.